The van der Waals surface area contributed by atoms with E-state index >= 15 is 0 Å². The Morgan fingerprint density at radius 1 is 0.282 bits per heavy atom. The van der Waals surface area contributed by atoms with Gasteiger partial charge in [-0.3, -0.25) is 14.4 Å². The van der Waals surface area contributed by atoms with Crippen LogP contribution in [-0.4, -0.2) is 37.2 Å². The monoisotopic (exact) mass is 993 g/mol. The summed E-state index contributed by atoms with van der Waals surface area (Å²) >= 11 is 0. The van der Waals surface area contributed by atoms with E-state index in [0.29, 0.717) is 19.3 Å². The lowest BCUT2D eigenvalue weighted by Gasteiger charge is -2.18. The molecule has 0 aliphatic rings. The third-order valence-electron chi connectivity index (χ3n) is 13.5. The molecule has 6 nitrogen and oxygen atoms in total. The second-order valence-corrected chi connectivity index (χ2v) is 20.6. The summed E-state index contributed by atoms with van der Waals surface area (Å²) in [6, 6.07) is 0. The molecule has 0 saturated heterocycles. The fourth-order valence-corrected chi connectivity index (χ4v) is 8.79. The van der Waals surface area contributed by atoms with Crippen molar-refractivity contribution < 1.29 is 28.6 Å². The van der Waals surface area contributed by atoms with Gasteiger partial charge in [-0.05, 0) is 109 Å². The average molecular weight is 994 g/mol. The van der Waals surface area contributed by atoms with Gasteiger partial charge in [0.1, 0.15) is 13.2 Å². The maximum atomic E-state index is 12.9. The summed E-state index contributed by atoms with van der Waals surface area (Å²) in [4.78, 5) is 38.2. The zero-order chi connectivity index (χ0) is 51.4. The number of unbranched alkanes of at least 4 members (excludes halogenated alkanes) is 35. The second-order valence-electron chi connectivity index (χ2n) is 20.6. The van der Waals surface area contributed by atoms with Crippen molar-refractivity contribution in [2.24, 2.45) is 0 Å². The number of ether oxygens (including phenoxy) is 3. The Hall–Kier alpha value is -2.89. The molecule has 0 bridgehead atoms. The Morgan fingerprint density at radius 3 is 0.817 bits per heavy atom. The van der Waals surface area contributed by atoms with Crippen LogP contribution in [-0.2, 0) is 28.6 Å². The van der Waals surface area contributed by atoms with Crippen molar-refractivity contribution in [2.75, 3.05) is 13.2 Å². The molecule has 1 atom stereocenters. The van der Waals surface area contributed by atoms with Gasteiger partial charge in [-0.1, -0.05) is 248 Å². The summed E-state index contributed by atoms with van der Waals surface area (Å²) < 4.78 is 16.9. The van der Waals surface area contributed by atoms with Crippen LogP contribution in [0.2, 0.25) is 0 Å². The van der Waals surface area contributed by atoms with Crippen molar-refractivity contribution in [3.8, 4) is 0 Å². The Morgan fingerprint density at radius 2 is 0.507 bits per heavy atom. The molecule has 0 aromatic rings. The molecule has 0 aromatic carbocycles. The van der Waals surface area contributed by atoms with Gasteiger partial charge in [0, 0.05) is 19.3 Å². The number of rotatable bonds is 56. The molecule has 0 radical (unpaired) electrons. The fourth-order valence-electron chi connectivity index (χ4n) is 8.79. The van der Waals surface area contributed by atoms with Crippen molar-refractivity contribution in [3.05, 3.63) is 60.8 Å². The number of allylic oxidation sites excluding steroid dienone is 10. The van der Waals surface area contributed by atoms with Crippen LogP contribution in [0.4, 0.5) is 0 Å². The van der Waals surface area contributed by atoms with Crippen LogP contribution in [0.5, 0.6) is 0 Å². The minimum Gasteiger partial charge on any atom is -0.462 e. The Bertz CT molecular complexity index is 1280. The van der Waals surface area contributed by atoms with E-state index in [4.69, 9.17) is 14.2 Å². The largest absolute Gasteiger partial charge is 0.462 e. The number of hydrogen-bond acceptors (Lipinski definition) is 6. The lowest BCUT2D eigenvalue weighted by molar-refractivity contribution is -0.167. The maximum absolute atomic E-state index is 12.9. The third-order valence-corrected chi connectivity index (χ3v) is 13.5. The fraction of sp³-hybridized carbons (Fsp3) is 0.800. The van der Waals surface area contributed by atoms with E-state index in [-0.39, 0.29) is 31.1 Å². The van der Waals surface area contributed by atoms with Crippen LogP contribution < -0.4 is 0 Å². The van der Waals surface area contributed by atoms with Crippen molar-refractivity contribution >= 4 is 17.9 Å². The molecule has 0 heterocycles. The number of hydrogen-bond donors (Lipinski definition) is 0. The molecule has 1 unspecified atom stereocenters. The predicted molar refractivity (Wildman–Crippen MR) is 307 cm³/mol. The molecule has 0 aliphatic heterocycles. The van der Waals surface area contributed by atoms with Gasteiger partial charge < -0.3 is 14.2 Å². The molecule has 0 aliphatic carbocycles. The molecule has 71 heavy (non-hydrogen) atoms. The third kappa shape index (κ3) is 57.9. The van der Waals surface area contributed by atoms with E-state index in [1.165, 1.54) is 186 Å². The van der Waals surface area contributed by atoms with Gasteiger partial charge in [0.15, 0.2) is 6.10 Å². The highest BCUT2D eigenvalue weighted by Crippen LogP contribution is 2.16. The lowest BCUT2D eigenvalue weighted by atomic mass is 10.1. The molecule has 0 fully saturated rings. The first-order valence-electron chi connectivity index (χ1n) is 30.8. The van der Waals surface area contributed by atoms with E-state index in [1.807, 2.05) is 0 Å². The molecule has 0 saturated carbocycles. The number of carbonyl (C=O) groups excluding carboxylic acids is 3. The highest BCUT2D eigenvalue weighted by atomic mass is 16.6. The first-order chi connectivity index (χ1) is 35.0. The van der Waals surface area contributed by atoms with Crippen molar-refractivity contribution in [1.29, 1.82) is 0 Å². The van der Waals surface area contributed by atoms with Crippen LogP contribution in [0.3, 0.4) is 0 Å². The standard InChI is InChI=1S/C65H116O6/c1-4-7-10-13-16-19-22-25-28-30-31-32-33-35-37-40-43-46-49-52-55-58-64(67)70-61-62(60-69-63(66)57-54-51-48-45-42-39-36-27-24-21-18-15-12-9-6-3)71-65(68)59-56-53-50-47-44-41-38-34-29-26-23-20-17-14-11-8-5-2/h17-18,20-21,26-27,29-31,36,62H,4-16,19,22-25,28,32-35,37-61H2,1-3H3/b20-17-,21-18-,29-26-,31-30-,36-27-. The van der Waals surface area contributed by atoms with Crippen LogP contribution >= 0.6 is 0 Å². The summed E-state index contributed by atoms with van der Waals surface area (Å²) in [6.45, 7) is 6.60. The Kier molecular flexibility index (Phi) is 57.2. The highest BCUT2D eigenvalue weighted by molar-refractivity contribution is 5.71. The van der Waals surface area contributed by atoms with Gasteiger partial charge in [0.25, 0.3) is 0 Å². The average Bonchev–Trinajstić information content (AvgIpc) is 3.37. The normalized spacial score (nSPS) is 12.4. The minimum atomic E-state index is -0.786. The molecule has 412 valence electrons. The van der Waals surface area contributed by atoms with E-state index in [9.17, 15) is 14.4 Å². The van der Waals surface area contributed by atoms with Crippen molar-refractivity contribution in [3.63, 3.8) is 0 Å². The summed E-state index contributed by atoms with van der Waals surface area (Å²) in [6.07, 6.45) is 75.0. The maximum Gasteiger partial charge on any atom is 0.306 e. The van der Waals surface area contributed by atoms with Gasteiger partial charge in [-0.25, -0.2) is 0 Å². The minimum absolute atomic E-state index is 0.0818. The topological polar surface area (TPSA) is 78.9 Å². The summed E-state index contributed by atoms with van der Waals surface area (Å²) in [5, 5.41) is 0. The van der Waals surface area contributed by atoms with Gasteiger partial charge >= 0.3 is 17.9 Å². The molecular formula is C65H116O6. The summed E-state index contributed by atoms with van der Waals surface area (Å²) in [7, 11) is 0. The molecule has 0 rings (SSSR count). The second kappa shape index (κ2) is 59.7. The van der Waals surface area contributed by atoms with Crippen LogP contribution in [0.1, 0.15) is 316 Å². The number of carbonyl (C=O) groups is 3. The molecular weight excluding hydrogens is 877 g/mol. The molecule has 0 N–H and O–H groups in total. The van der Waals surface area contributed by atoms with Crippen molar-refractivity contribution in [2.45, 2.75) is 322 Å². The van der Waals surface area contributed by atoms with E-state index in [2.05, 4.69) is 81.5 Å². The molecule has 0 spiro atoms. The van der Waals surface area contributed by atoms with Gasteiger partial charge in [-0.15, -0.1) is 0 Å². The lowest BCUT2D eigenvalue weighted by Crippen LogP contribution is -2.30. The van der Waals surface area contributed by atoms with Crippen LogP contribution in [0.15, 0.2) is 60.8 Å². The molecule has 0 amide bonds. The van der Waals surface area contributed by atoms with Crippen LogP contribution in [0.25, 0.3) is 0 Å². The van der Waals surface area contributed by atoms with Crippen LogP contribution in [0, 0.1) is 0 Å². The van der Waals surface area contributed by atoms with E-state index in [1.54, 1.807) is 0 Å². The Labute approximate surface area is 440 Å². The van der Waals surface area contributed by atoms with Crippen molar-refractivity contribution in [1.82, 2.24) is 0 Å². The van der Waals surface area contributed by atoms with Gasteiger partial charge in [-0.2, -0.15) is 0 Å². The van der Waals surface area contributed by atoms with Gasteiger partial charge in [0.2, 0.25) is 0 Å². The van der Waals surface area contributed by atoms with E-state index < -0.39 is 6.10 Å². The predicted octanol–water partition coefficient (Wildman–Crippen LogP) is 20.8. The zero-order valence-electron chi connectivity index (χ0n) is 47.2. The SMILES string of the molecule is CCCCC/C=C\C/C=C\CCCCCCCCCC(=O)OC(COC(=O)CCCCCCC/C=C\C/C=C\CCCCC)COC(=O)CCCCCCCCCCC/C=C\CCCCCCCCCC. The number of esters is 3. The molecule has 0 aromatic heterocycles. The highest BCUT2D eigenvalue weighted by Gasteiger charge is 2.19. The zero-order valence-corrected chi connectivity index (χ0v) is 47.2. The van der Waals surface area contributed by atoms with Gasteiger partial charge in [0.05, 0.1) is 0 Å². The first-order valence-corrected chi connectivity index (χ1v) is 30.8. The molecule has 6 heteroatoms. The summed E-state index contributed by atoms with van der Waals surface area (Å²) in [5.74, 6) is -0.892. The Balaban J connectivity index is 4.37. The first kappa shape index (κ1) is 68.1. The summed E-state index contributed by atoms with van der Waals surface area (Å²) in [5.41, 5.74) is 0. The quantitative estimate of drug-likeness (QED) is 0.0261. The smallest absolute Gasteiger partial charge is 0.306 e. The van der Waals surface area contributed by atoms with E-state index in [0.717, 1.165) is 89.9 Å².